The van der Waals surface area contributed by atoms with Gasteiger partial charge in [-0.25, -0.2) is 0 Å². The smallest absolute Gasteiger partial charge is 0.191 e. The van der Waals surface area contributed by atoms with Crippen LogP contribution in [0.15, 0.2) is 4.99 Å². The monoisotopic (exact) mass is 255 g/mol. The maximum Gasteiger partial charge on any atom is 0.191 e. The molecule has 1 saturated carbocycles. The molecule has 1 aliphatic carbocycles. The van der Waals surface area contributed by atoms with E-state index in [0.29, 0.717) is 0 Å². The summed E-state index contributed by atoms with van der Waals surface area (Å²) in [5.41, 5.74) is 0. The van der Waals surface area contributed by atoms with Crippen LogP contribution in [0.25, 0.3) is 0 Å². The van der Waals surface area contributed by atoms with E-state index in [-0.39, 0.29) is 0 Å². The second kappa shape index (κ2) is 7.14. The van der Waals surface area contributed by atoms with Crippen molar-refractivity contribution in [2.45, 2.75) is 43.8 Å². The van der Waals surface area contributed by atoms with Gasteiger partial charge in [-0.15, -0.1) is 0 Å². The van der Waals surface area contributed by atoms with Crippen molar-refractivity contribution < 1.29 is 0 Å². The fourth-order valence-electron chi connectivity index (χ4n) is 2.69. The Kier molecular flexibility index (Phi) is 5.49. The number of thioether (sulfide) groups is 1. The van der Waals surface area contributed by atoms with Gasteiger partial charge in [0.05, 0.1) is 0 Å². The molecule has 98 valence electrons. The summed E-state index contributed by atoms with van der Waals surface area (Å²) in [5.74, 6) is 3.19. The van der Waals surface area contributed by atoms with E-state index in [9.17, 15) is 0 Å². The SMILES string of the molecule is CN=C(NCC1CCCC1)NCC1CCCS1. The van der Waals surface area contributed by atoms with E-state index in [0.717, 1.165) is 30.2 Å². The summed E-state index contributed by atoms with van der Waals surface area (Å²) in [6, 6.07) is 0. The maximum atomic E-state index is 4.30. The summed E-state index contributed by atoms with van der Waals surface area (Å²) in [6.45, 7) is 2.16. The summed E-state index contributed by atoms with van der Waals surface area (Å²) in [6.07, 6.45) is 8.35. The van der Waals surface area contributed by atoms with Crippen molar-refractivity contribution in [2.24, 2.45) is 10.9 Å². The average Bonchev–Trinajstić information content (AvgIpc) is 3.02. The number of aliphatic imine (C=N–C) groups is 1. The van der Waals surface area contributed by atoms with Crippen LogP contribution in [0, 0.1) is 5.92 Å². The Morgan fingerprint density at radius 2 is 1.88 bits per heavy atom. The first-order valence-electron chi connectivity index (χ1n) is 6.94. The molecule has 1 heterocycles. The van der Waals surface area contributed by atoms with Crippen LogP contribution in [-0.2, 0) is 0 Å². The lowest BCUT2D eigenvalue weighted by molar-refractivity contribution is 0.530. The molecule has 2 fully saturated rings. The lowest BCUT2D eigenvalue weighted by Crippen LogP contribution is -2.41. The molecular weight excluding hydrogens is 230 g/mol. The second-order valence-corrected chi connectivity index (χ2v) is 6.53. The van der Waals surface area contributed by atoms with Gasteiger partial charge in [0.1, 0.15) is 0 Å². The Hall–Kier alpha value is -0.380. The quantitative estimate of drug-likeness (QED) is 0.597. The molecule has 2 aliphatic rings. The van der Waals surface area contributed by atoms with E-state index in [1.165, 1.54) is 44.3 Å². The molecule has 4 heteroatoms. The minimum Gasteiger partial charge on any atom is -0.356 e. The van der Waals surface area contributed by atoms with Crippen molar-refractivity contribution in [2.75, 3.05) is 25.9 Å². The number of hydrogen-bond donors (Lipinski definition) is 2. The summed E-state index contributed by atoms with van der Waals surface area (Å²) >= 11 is 2.09. The van der Waals surface area contributed by atoms with E-state index >= 15 is 0 Å². The van der Waals surface area contributed by atoms with Crippen LogP contribution >= 0.6 is 11.8 Å². The zero-order valence-electron chi connectivity index (χ0n) is 10.9. The van der Waals surface area contributed by atoms with E-state index in [1.54, 1.807) is 0 Å². The first kappa shape index (κ1) is 13.1. The van der Waals surface area contributed by atoms with Crippen molar-refractivity contribution in [3.8, 4) is 0 Å². The molecule has 0 aromatic heterocycles. The number of nitrogens with one attached hydrogen (secondary N) is 2. The van der Waals surface area contributed by atoms with E-state index in [4.69, 9.17) is 0 Å². The normalized spacial score (nSPS) is 26.4. The highest BCUT2D eigenvalue weighted by molar-refractivity contribution is 8.00. The van der Waals surface area contributed by atoms with Crippen molar-refractivity contribution >= 4 is 17.7 Å². The molecule has 3 nitrogen and oxygen atoms in total. The molecular formula is C13H25N3S. The standard InChI is InChI=1S/C13H25N3S/c1-14-13(15-9-11-5-2-3-6-11)16-10-12-7-4-8-17-12/h11-12H,2-10H2,1H3,(H2,14,15,16). The lowest BCUT2D eigenvalue weighted by atomic mass is 10.1. The summed E-state index contributed by atoms with van der Waals surface area (Å²) in [4.78, 5) is 4.30. The summed E-state index contributed by atoms with van der Waals surface area (Å²) in [7, 11) is 1.87. The van der Waals surface area contributed by atoms with Gasteiger partial charge in [-0.2, -0.15) is 11.8 Å². The third kappa shape index (κ3) is 4.41. The highest BCUT2D eigenvalue weighted by Gasteiger charge is 2.17. The summed E-state index contributed by atoms with van der Waals surface area (Å²) in [5, 5.41) is 7.71. The van der Waals surface area contributed by atoms with Crippen molar-refractivity contribution in [1.29, 1.82) is 0 Å². The van der Waals surface area contributed by atoms with Crippen LogP contribution < -0.4 is 10.6 Å². The molecule has 0 aromatic carbocycles. The molecule has 0 bridgehead atoms. The van der Waals surface area contributed by atoms with E-state index < -0.39 is 0 Å². The van der Waals surface area contributed by atoms with Gasteiger partial charge in [0.15, 0.2) is 5.96 Å². The van der Waals surface area contributed by atoms with E-state index in [2.05, 4.69) is 27.4 Å². The molecule has 0 radical (unpaired) electrons. The number of rotatable bonds is 4. The van der Waals surface area contributed by atoms with Crippen molar-refractivity contribution in [1.82, 2.24) is 10.6 Å². The minimum absolute atomic E-state index is 0.792. The fourth-order valence-corrected chi connectivity index (χ4v) is 3.89. The predicted octanol–water partition coefficient (Wildman–Crippen LogP) is 2.24. The van der Waals surface area contributed by atoms with Gasteiger partial charge < -0.3 is 10.6 Å². The zero-order valence-corrected chi connectivity index (χ0v) is 11.7. The number of guanidine groups is 1. The topological polar surface area (TPSA) is 36.4 Å². The Labute approximate surface area is 109 Å². The number of hydrogen-bond acceptors (Lipinski definition) is 2. The third-order valence-corrected chi connectivity index (χ3v) is 5.18. The molecule has 0 aromatic rings. The lowest BCUT2D eigenvalue weighted by Gasteiger charge is -2.16. The van der Waals surface area contributed by atoms with Crippen LogP contribution in [0.1, 0.15) is 38.5 Å². The molecule has 0 spiro atoms. The molecule has 2 rings (SSSR count). The van der Waals surface area contributed by atoms with Crippen LogP contribution in [0.3, 0.4) is 0 Å². The van der Waals surface area contributed by atoms with Crippen LogP contribution in [0.2, 0.25) is 0 Å². The Morgan fingerprint density at radius 1 is 1.12 bits per heavy atom. The number of nitrogens with zero attached hydrogens (tertiary/aromatic N) is 1. The van der Waals surface area contributed by atoms with E-state index in [1.807, 2.05) is 7.05 Å². The zero-order chi connectivity index (χ0) is 11.9. The third-order valence-electron chi connectivity index (χ3n) is 3.78. The van der Waals surface area contributed by atoms with Gasteiger partial charge in [-0.1, -0.05) is 12.8 Å². The molecule has 2 N–H and O–H groups in total. The predicted molar refractivity (Wildman–Crippen MR) is 76.8 cm³/mol. The summed E-state index contributed by atoms with van der Waals surface area (Å²) < 4.78 is 0. The van der Waals surface area contributed by atoms with Gasteiger partial charge in [0, 0.05) is 25.4 Å². The Balaban J connectivity index is 1.62. The van der Waals surface area contributed by atoms with Crippen LogP contribution in [-0.4, -0.2) is 37.1 Å². The van der Waals surface area contributed by atoms with Gasteiger partial charge in [-0.05, 0) is 37.4 Å². The fraction of sp³-hybridized carbons (Fsp3) is 0.923. The first-order valence-corrected chi connectivity index (χ1v) is 7.99. The maximum absolute atomic E-state index is 4.30. The Bertz CT molecular complexity index is 221. The molecule has 0 amide bonds. The van der Waals surface area contributed by atoms with Gasteiger partial charge in [0.2, 0.25) is 0 Å². The molecule has 1 saturated heterocycles. The molecule has 1 aliphatic heterocycles. The Morgan fingerprint density at radius 3 is 2.53 bits per heavy atom. The van der Waals surface area contributed by atoms with Crippen LogP contribution in [0.4, 0.5) is 0 Å². The average molecular weight is 255 g/mol. The molecule has 1 unspecified atom stereocenters. The van der Waals surface area contributed by atoms with Crippen molar-refractivity contribution in [3.05, 3.63) is 0 Å². The molecule has 17 heavy (non-hydrogen) atoms. The van der Waals surface area contributed by atoms with Crippen LogP contribution in [0.5, 0.6) is 0 Å². The minimum atomic E-state index is 0.792. The highest BCUT2D eigenvalue weighted by atomic mass is 32.2. The largest absolute Gasteiger partial charge is 0.356 e. The second-order valence-electron chi connectivity index (χ2n) is 5.12. The van der Waals surface area contributed by atoms with Crippen molar-refractivity contribution in [3.63, 3.8) is 0 Å². The molecule has 1 atom stereocenters. The van der Waals surface area contributed by atoms with Gasteiger partial charge in [0.25, 0.3) is 0 Å². The first-order chi connectivity index (χ1) is 8.38. The van der Waals surface area contributed by atoms with Gasteiger partial charge in [-0.3, -0.25) is 4.99 Å². The van der Waals surface area contributed by atoms with Gasteiger partial charge >= 0.3 is 0 Å². The highest BCUT2D eigenvalue weighted by Crippen LogP contribution is 2.25.